The first-order valence-electron chi connectivity index (χ1n) is 8.19. The molecule has 2 aliphatic heterocycles. The van der Waals surface area contributed by atoms with E-state index in [4.69, 9.17) is 21.1 Å². The fourth-order valence-corrected chi connectivity index (χ4v) is 7.79. The van der Waals surface area contributed by atoms with Gasteiger partial charge in [-0.3, -0.25) is 9.69 Å². The topological polar surface area (TPSA) is 38.8 Å². The van der Waals surface area contributed by atoms with Gasteiger partial charge in [0, 0.05) is 17.4 Å². The molecule has 0 aromatic heterocycles. The van der Waals surface area contributed by atoms with Gasteiger partial charge in [-0.2, -0.15) is 0 Å². The van der Waals surface area contributed by atoms with E-state index in [0.29, 0.717) is 6.04 Å². The van der Waals surface area contributed by atoms with Crippen LogP contribution in [0.1, 0.15) is 19.3 Å². The Labute approximate surface area is 153 Å². The van der Waals surface area contributed by atoms with E-state index < -0.39 is 5.47 Å². The van der Waals surface area contributed by atoms with E-state index in [0.717, 1.165) is 24.6 Å². The van der Waals surface area contributed by atoms with Gasteiger partial charge in [-0.15, -0.1) is 0 Å². The van der Waals surface area contributed by atoms with Gasteiger partial charge >= 0.3 is 5.97 Å². The Bertz CT molecular complexity index is 642. The van der Waals surface area contributed by atoms with Gasteiger partial charge in [-0.25, -0.2) is 0 Å². The third kappa shape index (κ3) is 3.32. The van der Waals surface area contributed by atoms with Crippen LogP contribution in [0.5, 0.6) is 0 Å². The van der Waals surface area contributed by atoms with Crippen molar-refractivity contribution in [3.8, 4) is 0 Å². The van der Waals surface area contributed by atoms with Crippen molar-refractivity contribution in [1.82, 2.24) is 4.90 Å². The van der Waals surface area contributed by atoms with Gasteiger partial charge in [0.15, 0.2) is 0 Å². The molecule has 1 aromatic rings. The Kier molecular flexibility index (Phi) is 5.72. The fourth-order valence-electron chi connectivity index (χ4n) is 3.97. The number of esters is 1. The molecule has 0 N–H and O–H groups in total. The maximum Gasteiger partial charge on any atom is 0.312 e. The van der Waals surface area contributed by atoms with Crippen molar-refractivity contribution in [2.24, 2.45) is 5.92 Å². The van der Waals surface area contributed by atoms with Crippen molar-refractivity contribution in [3.63, 3.8) is 0 Å². The molecule has 24 heavy (non-hydrogen) atoms. The monoisotopic (exact) mass is 385 g/mol. The molecule has 1 aromatic carbocycles. The third-order valence-corrected chi connectivity index (χ3v) is 11.8. The van der Waals surface area contributed by atoms with E-state index in [1.54, 1.807) is 11.4 Å². The van der Waals surface area contributed by atoms with Crippen molar-refractivity contribution in [3.05, 3.63) is 30.3 Å². The lowest BCUT2D eigenvalue weighted by molar-refractivity contribution is -0.154. The lowest BCUT2D eigenvalue weighted by Crippen LogP contribution is -2.53. The van der Waals surface area contributed by atoms with Crippen molar-refractivity contribution in [2.45, 2.75) is 37.5 Å². The lowest BCUT2D eigenvalue weighted by atomic mass is 9.88. The summed E-state index contributed by atoms with van der Waals surface area (Å²) < 4.78 is 11.6. The minimum atomic E-state index is -2.23. The largest absolute Gasteiger partial charge is 0.469 e. The summed E-state index contributed by atoms with van der Waals surface area (Å²) in [6.07, 6.45) is 4.82. The number of nitrogens with zero attached hydrogens (tertiary/aromatic N) is 1. The summed E-state index contributed by atoms with van der Waals surface area (Å²) in [4.78, 5) is 14.8. The van der Waals surface area contributed by atoms with Crippen LogP contribution >= 0.6 is 16.8 Å². The van der Waals surface area contributed by atoms with Gasteiger partial charge in [-0.05, 0) is 32.6 Å². The highest BCUT2D eigenvalue weighted by Gasteiger charge is 2.51. The van der Waals surface area contributed by atoms with Crippen LogP contribution in [-0.2, 0) is 25.9 Å². The first-order chi connectivity index (χ1) is 11.5. The molecule has 2 saturated heterocycles. The number of benzene rings is 1. The number of carbonyl (C=O) groups excluding carboxylic acids is 1. The summed E-state index contributed by atoms with van der Waals surface area (Å²) in [5.41, 5.74) is -2.23. The summed E-state index contributed by atoms with van der Waals surface area (Å²) in [7, 11) is 3.57. The molecule has 0 aliphatic carbocycles. The quantitative estimate of drug-likeness (QED) is 0.573. The summed E-state index contributed by atoms with van der Waals surface area (Å²) in [5.74, 6) is -0.426. The molecule has 0 amide bonds. The van der Waals surface area contributed by atoms with Crippen LogP contribution < -0.4 is 5.30 Å². The molecule has 2 heterocycles. The minimum absolute atomic E-state index is 0.162. The standard InChI is InChI=1S/C17H24NO3PS2/c1-18-12-9-10-14(18)16(17(19)20-2)15(11-12)21-22(23,24-3)13-7-5-4-6-8-13/h4-8,12,14-16H,9-11H2,1-3H3/t12-,14+,15-,16+,22?/m0/s1. The molecule has 0 saturated carbocycles. The number of ether oxygens (including phenoxy) is 1. The number of hydrogen-bond donors (Lipinski definition) is 0. The Morgan fingerprint density at radius 1 is 1.33 bits per heavy atom. The van der Waals surface area contributed by atoms with Gasteiger partial charge in [0.2, 0.25) is 0 Å². The van der Waals surface area contributed by atoms with Crippen molar-refractivity contribution in [1.29, 1.82) is 0 Å². The highest BCUT2D eigenvalue weighted by atomic mass is 32.9. The summed E-state index contributed by atoms with van der Waals surface area (Å²) in [5, 5.41) is 1.06. The van der Waals surface area contributed by atoms with E-state index in [9.17, 15) is 4.79 Å². The van der Waals surface area contributed by atoms with Crippen molar-refractivity contribution < 1.29 is 14.1 Å². The molecular formula is C17H24NO3PS2. The molecule has 132 valence electrons. The zero-order valence-corrected chi connectivity index (χ0v) is 16.8. The molecule has 0 spiro atoms. The second-order valence-corrected chi connectivity index (χ2v) is 13.4. The van der Waals surface area contributed by atoms with Crippen LogP contribution in [0.2, 0.25) is 0 Å². The summed E-state index contributed by atoms with van der Waals surface area (Å²) >= 11 is 7.54. The van der Waals surface area contributed by atoms with Gasteiger partial charge in [-0.1, -0.05) is 53.5 Å². The maximum atomic E-state index is 12.5. The Morgan fingerprint density at radius 3 is 2.67 bits per heavy atom. The van der Waals surface area contributed by atoms with Crippen LogP contribution in [0.3, 0.4) is 0 Å². The van der Waals surface area contributed by atoms with E-state index in [1.807, 2.05) is 36.6 Å². The van der Waals surface area contributed by atoms with E-state index >= 15 is 0 Å². The number of methoxy groups -OCH3 is 1. The molecule has 5 atom stereocenters. The second-order valence-electron chi connectivity index (χ2n) is 6.41. The van der Waals surface area contributed by atoms with Crippen molar-refractivity contribution >= 4 is 39.9 Å². The zero-order valence-electron chi connectivity index (χ0n) is 14.3. The maximum absolute atomic E-state index is 12.5. The second kappa shape index (κ2) is 7.46. The molecule has 0 radical (unpaired) electrons. The highest BCUT2D eigenvalue weighted by Crippen LogP contribution is 2.60. The van der Waals surface area contributed by atoms with Crippen LogP contribution in [0.4, 0.5) is 0 Å². The minimum Gasteiger partial charge on any atom is -0.469 e. The number of carbonyl (C=O) groups is 1. The molecule has 4 nitrogen and oxygen atoms in total. The normalized spacial score (nSPS) is 32.3. The predicted molar refractivity (Wildman–Crippen MR) is 103 cm³/mol. The SMILES string of the molecule is COC(=O)[C@H]1[C@@H](OP(=S)(SC)c2ccccc2)C[C@@H]2CC[C@H]1N2C. The molecule has 3 rings (SSSR count). The fraction of sp³-hybridized carbons (Fsp3) is 0.588. The first kappa shape index (κ1) is 18.4. The van der Waals surface area contributed by atoms with Gasteiger partial charge in [0.25, 0.3) is 0 Å². The van der Waals surface area contributed by atoms with E-state index in [-0.39, 0.29) is 24.0 Å². The van der Waals surface area contributed by atoms with Crippen LogP contribution in [-0.4, -0.2) is 49.5 Å². The van der Waals surface area contributed by atoms with Crippen LogP contribution in [0, 0.1) is 5.92 Å². The van der Waals surface area contributed by atoms with E-state index in [2.05, 4.69) is 11.9 Å². The van der Waals surface area contributed by atoms with Gasteiger partial charge in [0.1, 0.15) is 5.47 Å². The third-order valence-electron chi connectivity index (χ3n) is 5.27. The van der Waals surface area contributed by atoms with Crippen molar-refractivity contribution in [2.75, 3.05) is 20.4 Å². The molecular weight excluding hydrogens is 361 g/mol. The van der Waals surface area contributed by atoms with E-state index in [1.165, 1.54) is 7.11 Å². The number of hydrogen-bond acceptors (Lipinski definition) is 6. The molecule has 2 fully saturated rings. The number of fused-ring (bicyclic) bond motifs is 2. The lowest BCUT2D eigenvalue weighted by Gasteiger charge is -2.42. The first-order valence-corrected chi connectivity index (χ1v) is 12.7. The smallest absolute Gasteiger partial charge is 0.312 e. The Hall–Kier alpha value is -0.390. The molecule has 7 heteroatoms. The molecule has 1 unspecified atom stereocenters. The molecule has 2 bridgehead atoms. The van der Waals surface area contributed by atoms with Crippen LogP contribution in [0.15, 0.2) is 30.3 Å². The van der Waals surface area contributed by atoms with Crippen LogP contribution in [0.25, 0.3) is 0 Å². The predicted octanol–water partition coefficient (Wildman–Crippen LogP) is 3.03. The van der Waals surface area contributed by atoms with Gasteiger partial charge < -0.3 is 9.26 Å². The average molecular weight is 385 g/mol. The summed E-state index contributed by atoms with van der Waals surface area (Å²) in [6, 6.07) is 10.7. The Balaban J connectivity index is 1.89. The number of piperidine rings is 1. The average Bonchev–Trinajstić information content (AvgIpc) is 2.85. The van der Waals surface area contributed by atoms with Gasteiger partial charge in [0.05, 0.1) is 19.1 Å². The number of rotatable bonds is 5. The highest BCUT2D eigenvalue weighted by molar-refractivity contribution is 8.71. The zero-order chi connectivity index (χ0) is 17.3. The summed E-state index contributed by atoms with van der Waals surface area (Å²) in [6.45, 7) is 0. The molecule has 2 aliphatic rings. The Morgan fingerprint density at radius 2 is 2.04 bits per heavy atom.